The predicted molar refractivity (Wildman–Crippen MR) is 71.6 cm³/mol. The second kappa shape index (κ2) is 5.28. The highest BCUT2D eigenvalue weighted by Gasteiger charge is 2.22. The number of aliphatic hydroxyl groups is 1. The maximum atomic E-state index is 11.8. The molecule has 2 rings (SSSR count). The molecule has 0 aliphatic carbocycles. The molecule has 18 heavy (non-hydrogen) atoms. The molecule has 1 heterocycles. The fourth-order valence-corrected chi connectivity index (χ4v) is 3.29. The SMILES string of the molecule is CS(=O)(=O)c1ccccc1N1CCC(CO)CC1. The van der Waals surface area contributed by atoms with E-state index in [-0.39, 0.29) is 6.61 Å². The Kier molecular flexibility index (Phi) is 3.92. The van der Waals surface area contributed by atoms with Gasteiger partial charge in [0.2, 0.25) is 0 Å². The van der Waals surface area contributed by atoms with E-state index in [1.165, 1.54) is 6.26 Å². The van der Waals surface area contributed by atoms with E-state index < -0.39 is 9.84 Å². The van der Waals surface area contributed by atoms with Gasteiger partial charge in [0.25, 0.3) is 0 Å². The quantitative estimate of drug-likeness (QED) is 0.898. The van der Waals surface area contributed by atoms with Crippen LogP contribution in [0.15, 0.2) is 29.2 Å². The molecule has 1 aromatic carbocycles. The van der Waals surface area contributed by atoms with Gasteiger partial charge >= 0.3 is 0 Å². The van der Waals surface area contributed by atoms with Crippen LogP contribution < -0.4 is 4.90 Å². The molecule has 0 spiro atoms. The van der Waals surface area contributed by atoms with Crippen LogP contribution in [0.25, 0.3) is 0 Å². The number of anilines is 1. The van der Waals surface area contributed by atoms with Gasteiger partial charge in [-0.05, 0) is 30.9 Å². The van der Waals surface area contributed by atoms with E-state index in [9.17, 15) is 8.42 Å². The summed E-state index contributed by atoms with van der Waals surface area (Å²) >= 11 is 0. The second-order valence-corrected chi connectivity index (χ2v) is 6.84. The van der Waals surface area contributed by atoms with Crippen molar-refractivity contribution in [1.29, 1.82) is 0 Å². The molecule has 1 aliphatic rings. The Hall–Kier alpha value is -1.07. The maximum Gasteiger partial charge on any atom is 0.177 e. The number of rotatable bonds is 3. The monoisotopic (exact) mass is 269 g/mol. The van der Waals surface area contributed by atoms with Gasteiger partial charge in [-0.15, -0.1) is 0 Å². The molecule has 1 aliphatic heterocycles. The number of aliphatic hydroxyl groups excluding tert-OH is 1. The first-order valence-corrected chi connectivity index (χ1v) is 8.06. The highest BCUT2D eigenvalue weighted by Crippen LogP contribution is 2.28. The van der Waals surface area contributed by atoms with Gasteiger partial charge in [-0.3, -0.25) is 0 Å². The summed E-state index contributed by atoms with van der Waals surface area (Å²) in [6.07, 6.45) is 3.06. The zero-order valence-electron chi connectivity index (χ0n) is 10.5. The summed E-state index contributed by atoms with van der Waals surface area (Å²) in [4.78, 5) is 2.50. The number of nitrogens with zero attached hydrogens (tertiary/aromatic N) is 1. The zero-order chi connectivity index (χ0) is 13.2. The fourth-order valence-electron chi connectivity index (χ4n) is 2.39. The van der Waals surface area contributed by atoms with Crippen LogP contribution >= 0.6 is 0 Å². The van der Waals surface area contributed by atoms with E-state index in [1.54, 1.807) is 12.1 Å². The molecule has 0 amide bonds. The van der Waals surface area contributed by atoms with Gasteiger partial charge in [0.15, 0.2) is 9.84 Å². The average molecular weight is 269 g/mol. The van der Waals surface area contributed by atoms with Gasteiger partial charge in [0.05, 0.1) is 10.6 Å². The summed E-state index contributed by atoms with van der Waals surface area (Å²) in [5.41, 5.74) is 0.788. The summed E-state index contributed by atoms with van der Waals surface area (Å²) in [7, 11) is -3.19. The smallest absolute Gasteiger partial charge is 0.177 e. The summed E-state index contributed by atoms with van der Waals surface area (Å²) in [5, 5.41) is 9.12. The molecular formula is C13H19NO3S. The largest absolute Gasteiger partial charge is 0.396 e. The van der Waals surface area contributed by atoms with Crippen molar-refractivity contribution in [2.45, 2.75) is 17.7 Å². The summed E-state index contributed by atoms with van der Waals surface area (Å²) in [5.74, 6) is 0.353. The van der Waals surface area contributed by atoms with Crippen molar-refractivity contribution in [3.63, 3.8) is 0 Å². The highest BCUT2D eigenvalue weighted by molar-refractivity contribution is 7.90. The van der Waals surface area contributed by atoms with Crippen molar-refractivity contribution in [3.05, 3.63) is 24.3 Å². The van der Waals surface area contributed by atoms with Gasteiger partial charge in [-0.2, -0.15) is 0 Å². The maximum absolute atomic E-state index is 11.8. The third-order valence-corrected chi connectivity index (χ3v) is 4.62. The number of benzene rings is 1. The van der Waals surface area contributed by atoms with Crippen LogP contribution in [-0.4, -0.2) is 39.5 Å². The Morgan fingerprint density at radius 3 is 2.44 bits per heavy atom. The van der Waals surface area contributed by atoms with Crippen LogP contribution in [-0.2, 0) is 9.84 Å². The number of piperidine rings is 1. The minimum Gasteiger partial charge on any atom is -0.396 e. The minimum atomic E-state index is -3.19. The lowest BCUT2D eigenvalue weighted by atomic mass is 9.97. The third-order valence-electron chi connectivity index (χ3n) is 3.48. The number of hydrogen-bond donors (Lipinski definition) is 1. The molecular weight excluding hydrogens is 250 g/mol. The second-order valence-electron chi connectivity index (χ2n) is 4.85. The van der Waals surface area contributed by atoms with Crippen molar-refractivity contribution >= 4 is 15.5 Å². The van der Waals surface area contributed by atoms with E-state index in [1.807, 2.05) is 12.1 Å². The van der Waals surface area contributed by atoms with E-state index in [4.69, 9.17) is 5.11 Å². The van der Waals surface area contributed by atoms with Gasteiger partial charge in [-0.25, -0.2) is 8.42 Å². The van der Waals surface area contributed by atoms with Gasteiger partial charge < -0.3 is 10.0 Å². The highest BCUT2D eigenvalue weighted by atomic mass is 32.2. The fraction of sp³-hybridized carbons (Fsp3) is 0.538. The standard InChI is InChI=1S/C13H19NO3S/c1-18(16,17)13-5-3-2-4-12(13)14-8-6-11(10-15)7-9-14/h2-5,11,15H,6-10H2,1H3. The van der Waals surface area contributed by atoms with Crippen molar-refractivity contribution in [2.24, 2.45) is 5.92 Å². The van der Waals surface area contributed by atoms with Crippen molar-refractivity contribution in [2.75, 3.05) is 30.9 Å². The Balaban J connectivity index is 2.25. The van der Waals surface area contributed by atoms with Crippen LogP contribution in [0.2, 0.25) is 0 Å². The molecule has 1 fully saturated rings. The van der Waals surface area contributed by atoms with E-state index in [2.05, 4.69) is 4.90 Å². The first-order chi connectivity index (χ1) is 8.52. The molecule has 1 aromatic rings. The molecule has 100 valence electrons. The molecule has 4 nitrogen and oxygen atoms in total. The molecule has 1 N–H and O–H groups in total. The molecule has 0 radical (unpaired) electrons. The van der Waals surface area contributed by atoms with E-state index >= 15 is 0 Å². The molecule has 5 heteroatoms. The molecule has 0 bridgehead atoms. The Morgan fingerprint density at radius 1 is 1.28 bits per heavy atom. The van der Waals surface area contributed by atoms with Crippen molar-refractivity contribution < 1.29 is 13.5 Å². The lowest BCUT2D eigenvalue weighted by Gasteiger charge is -2.33. The van der Waals surface area contributed by atoms with Gasteiger partial charge in [-0.1, -0.05) is 12.1 Å². The molecule has 0 atom stereocenters. The van der Waals surface area contributed by atoms with Crippen LogP contribution in [0.3, 0.4) is 0 Å². The first kappa shape index (κ1) is 13.4. The molecule has 1 saturated heterocycles. The summed E-state index contributed by atoms with van der Waals surface area (Å²) < 4.78 is 23.5. The van der Waals surface area contributed by atoms with Crippen LogP contribution in [0.5, 0.6) is 0 Å². The van der Waals surface area contributed by atoms with Gasteiger partial charge in [0, 0.05) is 26.0 Å². The van der Waals surface area contributed by atoms with Crippen LogP contribution in [0.4, 0.5) is 5.69 Å². The topological polar surface area (TPSA) is 57.6 Å². The lowest BCUT2D eigenvalue weighted by Crippen LogP contribution is -2.35. The van der Waals surface area contributed by atoms with E-state index in [0.29, 0.717) is 10.8 Å². The van der Waals surface area contributed by atoms with Crippen LogP contribution in [0.1, 0.15) is 12.8 Å². The zero-order valence-corrected chi connectivity index (χ0v) is 11.4. The van der Waals surface area contributed by atoms with Crippen molar-refractivity contribution in [3.8, 4) is 0 Å². The molecule has 0 saturated carbocycles. The Bertz CT molecular complexity index is 505. The summed E-state index contributed by atoms with van der Waals surface area (Å²) in [6.45, 7) is 1.83. The third kappa shape index (κ3) is 2.84. The Morgan fingerprint density at radius 2 is 1.89 bits per heavy atom. The van der Waals surface area contributed by atoms with Crippen molar-refractivity contribution in [1.82, 2.24) is 0 Å². The van der Waals surface area contributed by atoms with Gasteiger partial charge in [0.1, 0.15) is 0 Å². The number of para-hydroxylation sites is 1. The number of hydrogen-bond acceptors (Lipinski definition) is 4. The van der Waals surface area contributed by atoms with Crippen LogP contribution in [0, 0.1) is 5.92 Å². The normalized spacial score (nSPS) is 18.0. The number of sulfone groups is 1. The predicted octanol–water partition coefficient (Wildman–Crippen LogP) is 1.30. The molecule has 0 aromatic heterocycles. The van der Waals surface area contributed by atoms with E-state index in [0.717, 1.165) is 31.6 Å². The molecule has 0 unspecified atom stereocenters. The summed E-state index contributed by atoms with van der Waals surface area (Å²) in [6, 6.07) is 7.13. The Labute approximate surface area is 108 Å². The first-order valence-electron chi connectivity index (χ1n) is 6.17. The lowest BCUT2D eigenvalue weighted by molar-refractivity contribution is 0.203. The average Bonchev–Trinajstić information content (AvgIpc) is 2.38. The minimum absolute atomic E-state index is 0.224.